The summed E-state index contributed by atoms with van der Waals surface area (Å²) in [6.07, 6.45) is 2.86. The van der Waals surface area contributed by atoms with Crippen LogP contribution in [0.15, 0.2) is 42.0 Å². The van der Waals surface area contributed by atoms with Gasteiger partial charge in [0.25, 0.3) is 0 Å². The largest absolute Gasteiger partial charge is 0.294 e. The number of Topliss-reactive ketones (excluding diaryl/α,β-unsaturated/α-hetero) is 1. The minimum absolute atomic E-state index is 0.354. The summed E-state index contributed by atoms with van der Waals surface area (Å²) in [5.41, 5.74) is 5.04. The first kappa shape index (κ1) is 12.8. The monoisotopic (exact) mass is 276 g/mol. The average molecular weight is 276 g/mol. The van der Waals surface area contributed by atoms with Gasteiger partial charge in [0.15, 0.2) is 5.78 Å². The highest BCUT2D eigenvalue weighted by atomic mass is 16.1. The second kappa shape index (κ2) is 4.56. The normalized spacial score (nSPS) is 25.0. The third kappa shape index (κ3) is 1.87. The molecule has 0 aromatic heterocycles. The summed E-state index contributed by atoms with van der Waals surface area (Å²) in [6, 6.07) is 12.9. The number of hydrogen-bond donors (Lipinski definition) is 0. The molecular weight excluding hydrogens is 256 g/mol. The molecule has 2 atom stereocenters. The zero-order valence-electron chi connectivity index (χ0n) is 12.6. The van der Waals surface area contributed by atoms with Crippen LogP contribution in [0.1, 0.15) is 37.8 Å². The van der Waals surface area contributed by atoms with Crippen molar-refractivity contribution in [3.8, 4) is 0 Å². The number of carbonyl (C=O) groups is 1. The van der Waals surface area contributed by atoms with Crippen LogP contribution < -0.4 is 0 Å². The van der Waals surface area contributed by atoms with Crippen LogP contribution in [0.25, 0.3) is 16.3 Å². The fourth-order valence-electron chi connectivity index (χ4n) is 4.14. The maximum Gasteiger partial charge on any atom is 0.163 e. The Hall–Kier alpha value is -1.89. The molecule has 2 aromatic rings. The van der Waals surface area contributed by atoms with Crippen molar-refractivity contribution in [3.05, 3.63) is 53.1 Å². The zero-order valence-corrected chi connectivity index (χ0v) is 12.6. The summed E-state index contributed by atoms with van der Waals surface area (Å²) >= 11 is 0. The molecule has 0 fully saturated rings. The lowest BCUT2D eigenvalue weighted by Gasteiger charge is -2.34. The van der Waals surface area contributed by atoms with E-state index in [4.69, 9.17) is 0 Å². The SMILES string of the molecule is CC1CC(=O)C2=C(C1)[C@H](C)Cc1c2ccc2ccccc12. The molecule has 2 aliphatic carbocycles. The third-order valence-corrected chi connectivity index (χ3v) is 5.12. The molecule has 0 aliphatic heterocycles. The van der Waals surface area contributed by atoms with Gasteiger partial charge in [-0.15, -0.1) is 0 Å². The molecule has 0 saturated heterocycles. The molecule has 2 aliphatic rings. The van der Waals surface area contributed by atoms with Crippen molar-refractivity contribution in [1.29, 1.82) is 0 Å². The standard InChI is InChI=1S/C20H20O/c1-12-9-17-13(2)11-18-15-6-4-3-5-14(15)7-8-16(18)20(17)19(21)10-12/h3-8,12-13H,9-11H2,1-2H3/t12?,13-/m1/s1. The van der Waals surface area contributed by atoms with Gasteiger partial charge in [0.05, 0.1) is 0 Å². The van der Waals surface area contributed by atoms with Gasteiger partial charge >= 0.3 is 0 Å². The van der Waals surface area contributed by atoms with E-state index in [1.54, 1.807) is 0 Å². The third-order valence-electron chi connectivity index (χ3n) is 5.12. The van der Waals surface area contributed by atoms with E-state index in [-0.39, 0.29) is 0 Å². The smallest absolute Gasteiger partial charge is 0.163 e. The Bertz CT molecular complexity index is 782. The molecule has 1 nitrogen and oxygen atoms in total. The number of hydrogen-bond acceptors (Lipinski definition) is 1. The predicted molar refractivity (Wildman–Crippen MR) is 87.1 cm³/mol. The highest BCUT2D eigenvalue weighted by Crippen LogP contribution is 2.44. The van der Waals surface area contributed by atoms with Gasteiger partial charge in [0, 0.05) is 12.0 Å². The highest BCUT2D eigenvalue weighted by molar-refractivity contribution is 6.24. The molecule has 0 heterocycles. The van der Waals surface area contributed by atoms with Gasteiger partial charge in [-0.1, -0.05) is 55.8 Å². The van der Waals surface area contributed by atoms with Crippen LogP contribution in [0.5, 0.6) is 0 Å². The van der Waals surface area contributed by atoms with Crippen molar-refractivity contribution in [3.63, 3.8) is 0 Å². The van der Waals surface area contributed by atoms with Crippen molar-refractivity contribution < 1.29 is 4.79 Å². The second-order valence-corrected chi connectivity index (χ2v) is 6.75. The minimum Gasteiger partial charge on any atom is -0.294 e. The first-order valence-electron chi connectivity index (χ1n) is 7.92. The number of fused-ring (bicyclic) bond motifs is 4. The summed E-state index contributed by atoms with van der Waals surface area (Å²) in [7, 11) is 0. The summed E-state index contributed by atoms with van der Waals surface area (Å²) in [4.78, 5) is 12.6. The first-order valence-corrected chi connectivity index (χ1v) is 7.92. The van der Waals surface area contributed by atoms with Crippen molar-refractivity contribution in [2.24, 2.45) is 11.8 Å². The summed E-state index contributed by atoms with van der Waals surface area (Å²) in [5.74, 6) is 1.34. The fourth-order valence-corrected chi connectivity index (χ4v) is 4.14. The van der Waals surface area contributed by atoms with Gasteiger partial charge in [0.2, 0.25) is 0 Å². The van der Waals surface area contributed by atoms with Gasteiger partial charge in [0.1, 0.15) is 0 Å². The van der Waals surface area contributed by atoms with E-state index < -0.39 is 0 Å². The van der Waals surface area contributed by atoms with Gasteiger partial charge in [-0.2, -0.15) is 0 Å². The fraction of sp³-hybridized carbons (Fsp3) is 0.350. The summed E-state index contributed by atoms with van der Waals surface area (Å²) in [5, 5.41) is 2.60. The number of ketones is 1. The summed E-state index contributed by atoms with van der Waals surface area (Å²) in [6.45, 7) is 4.48. The van der Waals surface area contributed by atoms with Crippen LogP contribution in [0.3, 0.4) is 0 Å². The maximum absolute atomic E-state index is 12.6. The zero-order chi connectivity index (χ0) is 14.6. The maximum atomic E-state index is 12.6. The predicted octanol–water partition coefficient (Wildman–Crippen LogP) is 4.78. The van der Waals surface area contributed by atoms with Gasteiger partial charge in [-0.3, -0.25) is 4.79 Å². The van der Waals surface area contributed by atoms with Crippen molar-refractivity contribution in [2.75, 3.05) is 0 Å². The number of allylic oxidation sites excluding steroid dienone is 2. The van der Waals surface area contributed by atoms with Crippen LogP contribution in [0.2, 0.25) is 0 Å². The Labute approximate surface area is 125 Å². The molecule has 0 saturated carbocycles. The Morgan fingerprint density at radius 2 is 1.76 bits per heavy atom. The second-order valence-electron chi connectivity index (χ2n) is 6.75. The molecule has 0 N–H and O–H groups in total. The van der Waals surface area contributed by atoms with E-state index >= 15 is 0 Å². The van der Waals surface area contributed by atoms with Crippen molar-refractivity contribution in [2.45, 2.75) is 33.1 Å². The van der Waals surface area contributed by atoms with E-state index in [1.807, 2.05) is 0 Å². The Kier molecular flexibility index (Phi) is 2.78. The lowest BCUT2D eigenvalue weighted by atomic mass is 9.70. The van der Waals surface area contributed by atoms with E-state index in [0.29, 0.717) is 24.0 Å². The lowest BCUT2D eigenvalue weighted by molar-refractivity contribution is -0.114. The Morgan fingerprint density at radius 3 is 2.62 bits per heavy atom. The average Bonchev–Trinajstić information content (AvgIpc) is 2.47. The lowest BCUT2D eigenvalue weighted by Crippen LogP contribution is -2.25. The van der Waals surface area contributed by atoms with Crippen LogP contribution in [0, 0.1) is 11.8 Å². The van der Waals surface area contributed by atoms with Crippen molar-refractivity contribution in [1.82, 2.24) is 0 Å². The molecule has 0 bridgehead atoms. The van der Waals surface area contributed by atoms with Gasteiger partial charge in [-0.05, 0) is 46.6 Å². The molecule has 1 heteroatoms. The van der Waals surface area contributed by atoms with Crippen LogP contribution in [-0.2, 0) is 11.2 Å². The molecule has 4 rings (SSSR count). The molecular formula is C20H20O. The Balaban J connectivity index is 2.01. The quantitative estimate of drug-likeness (QED) is 0.676. The minimum atomic E-state index is 0.354. The number of carbonyl (C=O) groups excluding carboxylic acids is 1. The van der Waals surface area contributed by atoms with Crippen LogP contribution in [0.4, 0.5) is 0 Å². The first-order chi connectivity index (χ1) is 10.1. The molecule has 106 valence electrons. The summed E-state index contributed by atoms with van der Waals surface area (Å²) < 4.78 is 0. The number of benzene rings is 2. The highest BCUT2D eigenvalue weighted by Gasteiger charge is 2.33. The molecule has 0 spiro atoms. The van der Waals surface area contributed by atoms with E-state index in [9.17, 15) is 4.79 Å². The van der Waals surface area contributed by atoms with Crippen LogP contribution >= 0.6 is 0 Å². The van der Waals surface area contributed by atoms with Crippen LogP contribution in [-0.4, -0.2) is 5.78 Å². The molecule has 0 radical (unpaired) electrons. The number of rotatable bonds is 0. The van der Waals surface area contributed by atoms with Gasteiger partial charge in [-0.25, -0.2) is 0 Å². The van der Waals surface area contributed by atoms with E-state index in [2.05, 4.69) is 50.2 Å². The molecule has 0 amide bonds. The van der Waals surface area contributed by atoms with Crippen molar-refractivity contribution >= 4 is 22.1 Å². The molecule has 21 heavy (non-hydrogen) atoms. The van der Waals surface area contributed by atoms with Gasteiger partial charge < -0.3 is 0 Å². The topological polar surface area (TPSA) is 17.1 Å². The Morgan fingerprint density at radius 1 is 0.952 bits per heavy atom. The molecule has 1 unspecified atom stereocenters. The van der Waals surface area contributed by atoms with E-state index in [0.717, 1.165) is 18.4 Å². The molecule has 2 aromatic carbocycles. The van der Waals surface area contributed by atoms with E-state index in [1.165, 1.54) is 27.5 Å².